The smallest absolute Gasteiger partial charge is 0.335 e. The van der Waals surface area contributed by atoms with Gasteiger partial charge in [0.15, 0.2) is 6.10 Å². The van der Waals surface area contributed by atoms with Gasteiger partial charge in [0.1, 0.15) is 5.76 Å². The standard InChI is InChI=1S/C11H9BrO3/c1-14-9-6-10(13)15-11(9)7-4-2-3-5-8(7)12/h2-6,11H,1H3. The van der Waals surface area contributed by atoms with Crippen molar-refractivity contribution in [3.63, 3.8) is 0 Å². The lowest BCUT2D eigenvalue weighted by Gasteiger charge is -2.14. The van der Waals surface area contributed by atoms with E-state index in [2.05, 4.69) is 15.9 Å². The SMILES string of the molecule is COC1=CC(=O)OC1c1ccccc1Br. The number of hydrogen-bond acceptors (Lipinski definition) is 3. The van der Waals surface area contributed by atoms with Gasteiger partial charge in [0.25, 0.3) is 0 Å². The fraction of sp³-hybridized carbons (Fsp3) is 0.182. The molecule has 0 bridgehead atoms. The summed E-state index contributed by atoms with van der Waals surface area (Å²) in [6.07, 6.45) is 0.933. The number of esters is 1. The molecule has 1 aromatic carbocycles. The highest BCUT2D eigenvalue weighted by Crippen LogP contribution is 2.35. The zero-order valence-electron chi connectivity index (χ0n) is 8.07. The van der Waals surface area contributed by atoms with E-state index in [0.717, 1.165) is 10.0 Å². The summed E-state index contributed by atoms with van der Waals surface area (Å²) in [7, 11) is 1.53. The Kier molecular flexibility index (Phi) is 2.77. The number of hydrogen-bond donors (Lipinski definition) is 0. The van der Waals surface area contributed by atoms with Crippen molar-refractivity contribution in [2.45, 2.75) is 6.10 Å². The van der Waals surface area contributed by atoms with Crippen LogP contribution in [0.3, 0.4) is 0 Å². The summed E-state index contributed by atoms with van der Waals surface area (Å²) >= 11 is 3.41. The predicted octanol–water partition coefficient (Wildman–Crippen LogP) is 2.58. The largest absolute Gasteiger partial charge is 0.496 e. The van der Waals surface area contributed by atoms with Gasteiger partial charge in [-0.3, -0.25) is 0 Å². The molecule has 1 aliphatic rings. The number of cyclic esters (lactones) is 1. The molecule has 0 aliphatic carbocycles. The van der Waals surface area contributed by atoms with Crippen molar-refractivity contribution >= 4 is 21.9 Å². The average Bonchev–Trinajstić information content (AvgIpc) is 2.60. The van der Waals surface area contributed by atoms with Crippen molar-refractivity contribution in [1.29, 1.82) is 0 Å². The maximum absolute atomic E-state index is 11.1. The van der Waals surface area contributed by atoms with Crippen molar-refractivity contribution in [3.05, 3.63) is 46.1 Å². The van der Waals surface area contributed by atoms with E-state index in [1.807, 2.05) is 24.3 Å². The quantitative estimate of drug-likeness (QED) is 0.774. The van der Waals surface area contributed by atoms with Crippen LogP contribution in [-0.4, -0.2) is 13.1 Å². The van der Waals surface area contributed by atoms with E-state index in [1.165, 1.54) is 13.2 Å². The molecule has 3 nitrogen and oxygen atoms in total. The van der Waals surface area contributed by atoms with Gasteiger partial charge in [0, 0.05) is 10.0 Å². The number of carbonyl (C=O) groups excluding carboxylic acids is 1. The Balaban J connectivity index is 2.37. The molecule has 15 heavy (non-hydrogen) atoms. The zero-order chi connectivity index (χ0) is 10.8. The van der Waals surface area contributed by atoms with E-state index in [1.54, 1.807) is 0 Å². The van der Waals surface area contributed by atoms with Gasteiger partial charge in [0.05, 0.1) is 13.2 Å². The molecule has 0 aromatic heterocycles. The van der Waals surface area contributed by atoms with E-state index in [0.29, 0.717) is 5.76 Å². The molecule has 0 fully saturated rings. The molecule has 0 radical (unpaired) electrons. The number of halogens is 1. The Labute approximate surface area is 95.8 Å². The summed E-state index contributed by atoms with van der Waals surface area (Å²) < 4.78 is 11.1. The van der Waals surface area contributed by atoms with Gasteiger partial charge in [-0.1, -0.05) is 34.1 Å². The summed E-state index contributed by atoms with van der Waals surface area (Å²) in [5, 5.41) is 0. The Morgan fingerprint density at radius 3 is 2.80 bits per heavy atom. The van der Waals surface area contributed by atoms with Crippen LogP contribution in [0.25, 0.3) is 0 Å². The van der Waals surface area contributed by atoms with Crippen LogP contribution in [0.5, 0.6) is 0 Å². The molecular weight excluding hydrogens is 260 g/mol. The van der Waals surface area contributed by atoms with Gasteiger partial charge in [-0.15, -0.1) is 0 Å². The zero-order valence-corrected chi connectivity index (χ0v) is 9.65. The number of benzene rings is 1. The topological polar surface area (TPSA) is 35.5 Å². The van der Waals surface area contributed by atoms with E-state index in [9.17, 15) is 4.79 Å². The lowest BCUT2D eigenvalue weighted by molar-refractivity contribution is -0.139. The molecule has 1 heterocycles. The van der Waals surface area contributed by atoms with Crippen LogP contribution in [0.4, 0.5) is 0 Å². The van der Waals surface area contributed by atoms with E-state index < -0.39 is 6.10 Å². The molecular formula is C11H9BrO3. The Bertz CT molecular complexity index is 426. The Morgan fingerprint density at radius 2 is 2.13 bits per heavy atom. The summed E-state index contributed by atoms with van der Waals surface area (Å²) in [6.45, 7) is 0. The van der Waals surface area contributed by atoms with Gasteiger partial charge >= 0.3 is 5.97 Å². The lowest BCUT2D eigenvalue weighted by Crippen LogP contribution is -2.04. The second kappa shape index (κ2) is 4.06. The van der Waals surface area contributed by atoms with Crippen LogP contribution in [-0.2, 0) is 14.3 Å². The third-order valence-electron chi connectivity index (χ3n) is 2.18. The number of carbonyl (C=O) groups is 1. The third kappa shape index (κ3) is 1.90. The first-order chi connectivity index (χ1) is 7.22. The second-order valence-corrected chi connectivity index (χ2v) is 3.94. The molecule has 1 aromatic rings. The summed E-state index contributed by atoms with van der Waals surface area (Å²) in [5.74, 6) is 0.166. The molecule has 0 spiro atoms. The fourth-order valence-electron chi connectivity index (χ4n) is 1.47. The molecule has 1 atom stereocenters. The minimum Gasteiger partial charge on any atom is -0.496 e. The summed E-state index contributed by atoms with van der Waals surface area (Å²) in [5.41, 5.74) is 0.886. The molecule has 4 heteroatoms. The Hall–Kier alpha value is -1.29. The lowest BCUT2D eigenvalue weighted by atomic mass is 10.1. The highest BCUT2D eigenvalue weighted by Gasteiger charge is 2.29. The molecule has 2 rings (SSSR count). The molecule has 0 saturated heterocycles. The van der Waals surface area contributed by atoms with Crippen LogP contribution in [0.1, 0.15) is 11.7 Å². The molecule has 0 amide bonds. The maximum Gasteiger partial charge on any atom is 0.335 e. The van der Waals surface area contributed by atoms with Crippen LogP contribution >= 0.6 is 15.9 Å². The van der Waals surface area contributed by atoms with Crippen LogP contribution in [0.15, 0.2) is 40.6 Å². The van der Waals surface area contributed by atoms with E-state index >= 15 is 0 Å². The fourth-order valence-corrected chi connectivity index (χ4v) is 1.96. The van der Waals surface area contributed by atoms with Crippen molar-refractivity contribution in [2.75, 3.05) is 7.11 Å². The molecule has 1 aliphatic heterocycles. The molecule has 78 valence electrons. The first-order valence-electron chi connectivity index (χ1n) is 4.43. The van der Waals surface area contributed by atoms with Crippen LogP contribution in [0, 0.1) is 0 Å². The monoisotopic (exact) mass is 268 g/mol. The van der Waals surface area contributed by atoms with Crippen molar-refractivity contribution < 1.29 is 14.3 Å². The van der Waals surface area contributed by atoms with E-state index in [-0.39, 0.29) is 5.97 Å². The van der Waals surface area contributed by atoms with Crippen molar-refractivity contribution in [2.24, 2.45) is 0 Å². The second-order valence-electron chi connectivity index (χ2n) is 3.09. The maximum atomic E-state index is 11.1. The average molecular weight is 269 g/mol. The molecule has 1 unspecified atom stereocenters. The number of ether oxygens (including phenoxy) is 2. The Morgan fingerprint density at radius 1 is 1.40 bits per heavy atom. The van der Waals surface area contributed by atoms with Crippen LogP contribution < -0.4 is 0 Å². The third-order valence-corrected chi connectivity index (χ3v) is 2.90. The van der Waals surface area contributed by atoms with Gasteiger partial charge < -0.3 is 9.47 Å². The number of rotatable bonds is 2. The molecule has 0 N–H and O–H groups in total. The first-order valence-corrected chi connectivity index (χ1v) is 5.22. The van der Waals surface area contributed by atoms with Crippen LogP contribution in [0.2, 0.25) is 0 Å². The summed E-state index contributed by atoms with van der Waals surface area (Å²) in [6, 6.07) is 7.58. The highest BCUT2D eigenvalue weighted by atomic mass is 79.9. The molecule has 0 saturated carbocycles. The van der Waals surface area contributed by atoms with Gasteiger partial charge in [-0.2, -0.15) is 0 Å². The van der Waals surface area contributed by atoms with E-state index in [4.69, 9.17) is 9.47 Å². The van der Waals surface area contributed by atoms with Crippen molar-refractivity contribution in [1.82, 2.24) is 0 Å². The minimum absolute atomic E-state index is 0.368. The number of methoxy groups -OCH3 is 1. The minimum atomic E-state index is -0.432. The normalized spacial score (nSPS) is 19.7. The van der Waals surface area contributed by atoms with Gasteiger partial charge in [-0.25, -0.2) is 4.79 Å². The summed E-state index contributed by atoms with van der Waals surface area (Å²) in [4.78, 5) is 11.1. The van der Waals surface area contributed by atoms with Gasteiger partial charge in [-0.05, 0) is 6.07 Å². The van der Waals surface area contributed by atoms with Gasteiger partial charge in [0.2, 0.25) is 0 Å². The first kappa shape index (κ1) is 10.2. The highest BCUT2D eigenvalue weighted by molar-refractivity contribution is 9.10. The van der Waals surface area contributed by atoms with Crippen molar-refractivity contribution in [3.8, 4) is 0 Å². The predicted molar refractivity (Wildman–Crippen MR) is 58.1 cm³/mol.